The largest absolute Gasteiger partial charge is 0.372 e. The van der Waals surface area contributed by atoms with Gasteiger partial charge in [0.25, 0.3) is 0 Å². The number of hydrogen-bond donors (Lipinski definition) is 4. The lowest BCUT2D eigenvalue weighted by Crippen LogP contribution is -2.40. The van der Waals surface area contributed by atoms with Crippen molar-refractivity contribution in [2.45, 2.75) is 31.7 Å². The SMILES string of the molecule is CNc1nc(Nc2cccc(C#N)c2)ncc1C#CCCCNC(=O)C1CCCN1. The van der Waals surface area contributed by atoms with E-state index in [-0.39, 0.29) is 11.9 Å². The molecular formula is C22H25N7O. The molecule has 1 aromatic heterocycles. The fourth-order valence-corrected chi connectivity index (χ4v) is 3.10. The van der Waals surface area contributed by atoms with Crippen LogP contribution in [0.3, 0.4) is 0 Å². The Hall–Kier alpha value is -3.62. The molecule has 1 amide bonds. The number of unbranched alkanes of at least 4 members (excludes halogenated alkanes) is 1. The number of amides is 1. The Bertz CT molecular complexity index is 981. The van der Waals surface area contributed by atoms with Crippen molar-refractivity contribution in [1.29, 1.82) is 5.26 Å². The number of benzene rings is 1. The molecule has 1 aromatic carbocycles. The van der Waals surface area contributed by atoms with Crippen LogP contribution in [0.2, 0.25) is 0 Å². The second kappa shape index (κ2) is 10.8. The van der Waals surface area contributed by atoms with Crippen molar-refractivity contribution in [3.05, 3.63) is 41.6 Å². The van der Waals surface area contributed by atoms with Crippen molar-refractivity contribution in [2.75, 3.05) is 30.8 Å². The third-order valence-corrected chi connectivity index (χ3v) is 4.65. The summed E-state index contributed by atoms with van der Waals surface area (Å²) in [4.78, 5) is 20.7. The second-order valence-corrected chi connectivity index (χ2v) is 6.87. The molecule has 1 unspecified atom stereocenters. The highest BCUT2D eigenvalue weighted by Crippen LogP contribution is 2.17. The van der Waals surface area contributed by atoms with E-state index in [1.54, 1.807) is 31.4 Å². The second-order valence-electron chi connectivity index (χ2n) is 6.87. The summed E-state index contributed by atoms with van der Waals surface area (Å²) >= 11 is 0. The number of aromatic nitrogens is 2. The maximum absolute atomic E-state index is 11.9. The van der Waals surface area contributed by atoms with Crippen LogP contribution in [0.4, 0.5) is 17.5 Å². The van der Waals surface area contributed by atoms with Gasteiger partial charge in [0.15, 0.2) is 0 Å². The Balaban J connectivity index is 1.51. The first-order chi connectivity index (χ1) is 14.7. The molecule has 154 valence electrons. The van der Waals surface area contributed by atoms with E-state index in [1.807, 2.05) is 6.07 Å². The van der Waals surface area contributed by atoms with Crippen LogP contribution in [0.5, 0.6) is 0 Å². The predicted molar refractivity (Wildman–Crippen MR) is 116 cm³/mol. The quantitative estimate of drug-likeness (QED) is 0.414. The number of nitriles is 1. The van der Waals surface area contributed by atoms with Gasteiger partial charge < -0.3 is 21.3 Å². The fraction of sp³-hybridized carbons (Fsp3) is 0.364. The molecule has 2 heterocycles. The summed E-state index contributed by atoms with van der Waals surface area (Å²) in [6, 6.07) is 9.18. The van der Waals surface area contributed by atoms with Crippen molar-refractivity contribution in [2.24, 2.45) is 0 Å². The highest BCUT2D eigenvalue weighted by Gasteiger charge is 2.20. The van der Waals surface area contributed by atoms with Crippen molar-refractivity contribution in [3.8, 4) is 17.9 Å². The lowest BCUT2D eigenvalue weighted by atomic mass is 10.2. The first-order valence-electron chi connectivity index (χ1n) is 10.0. The Kier molecular flexibility index (Phi) is 7.59. The van der Waals surface area contributed by atoms with Crippen LogP contribution in [0.15, 0.2) is 30.5 Å². The number of carbonyl (C=O) groups excluding carboxylic acids is 1. The minimum absolute atomic E-state index is 0.0408. The van der Waals surface area contributed by atoms with Gasteiger partial charge in [0.1, 0.15) is 5.82 Å². The summed E-state index contributed by atoms with van der Waals surface area (Å²) in [7, 11) is 1.78. The van der Waals surface area contributed by atoms with Gasteiger partial charge in [0, 0.05) is 25.7 Å². The molecule has 8 heteroatoms. The zero-order valence-electron chi connectivity index (χ0n) is 17.0. The van der Waals surface area contributed by atoms with Crippen molar-refractivity contribution in [3.63, 3.8) is 0 Å². The zero-order chi connectivity index (χ0) is 21.2. The average molecular weight is 403 g/mol. The number of hydrogen-bond acceptors (Lipinski definition) is 7. The molecule has 0 bridgehead atoms. The van der Waals surface area contributed by atoms with E-state index in [0.29, 0.717) is 35.9 Å². The third kappa shape index (κ3) is 5.94. The molecular weight excluding hydrogens is 378 g/mol. The molecule has 0 aliphatic carbocycles. The molecule has 0 radical (unpaired) electrons. The van der Waals surface area contributed by atoms with E-state index in [4.69, 9.17) is 5.26 Å². The molecule has 1 aliphatic heterocycles. The van der Waals surface area contributed by atoms with Crippen LogP contribution >= 0.6 is 0 Å². The van der Waals surface area contributed by atoms with Gasteiger partial charge in [-0.1, -0.05) is 17.9 Å². The predicted octanol–water partition coefficient (Wildman–Crippen LogP) is 2.13. The van der Waals surface area contributed by atoms with E-state index < -0.39 is 0 Å². The van der Waals surface area contributed by atoms with E-state index in [2.05, 4.69) is 49.1 Å². The number of nitrogens with one attached hydrogen (secondary N) is 4. The monoisotopic (exact) mass is 403 g/mol. The van der Waals surface area contributed by atoms with E-state index in [0.717, 1.165) is 31.5 Å². The van der Waals surface area contributed by atoms with Crippen molar-refractivity contribution in [1.82, 2.24) is 20.6 Å². The molecule has 30 heavy (non-hydrogen) atoms. The molecule has 0 saturated carbocycles. The van der Waals surface area contributed by atoms with Crippen LogP contribution in [0, 0.1) is 23.2 Å². The summed E-state index contributed by atoms with van der Waals surface area (Å²) < 4.78 is 0. The van der Waals surface area contributed by atoms with E-state index in [9.17, 15) is 4.79 Å². The maximum atomic E-state index is 11.9. The van der Waals surface area contributed by atoms with Gasteiger partial charge in [0.2, 0.25) is 11.9 Å². The highest BCUT2D eigenvalue weighted by molar-refractivity contribution is 5.81. The van der Waals surface area contributed by atoms with Crippen molar-refractivity contribution < 1.29 is 4.79 Å². The summed E-state index contributed by atoms with van der Waals surface area (Å²) in [6.45, 7) is 1.53. The van der Waals surface area contributed by atoms with Gasteiger partial charge in [-0.3, -0.25) is 4.79 Å². The summed E-state index contributed by atoms with van der Waals surface area (Å²) in [5.74, 6) is 7.31. The normalized spacial score (nSPS) is 14.9. The van der Waals surface area contributed by atoms with Crippen LogP contribution < -0.4 is 21.3 Å². The van der Waals surface area contributed by atoms with Crippen molar-refractivity contribution >= 4 is 23.4 Å². The molecule has 4 N–H and O–H groups in total. The Morgan fingerprint density at radius 3 is 3.07 bits per heavy atom. The minimum Gasteiger partial charge on any atom is -0.372 e. The van der Waals surface area contributed by atoms with Gasteiger partial charge in [-0.2, -0.15) is 10.2 Å². The van der Waals surface area contributed by atoms with Crippen LogP contribution in [-0.2, 0) is 4.79 Å². The maximum Gasteiger partial charge on any atom is 0.237 e. The topological polar surface area (TPSA) is 115 Å². The number of carbonyl (C=O) groups is 1. The Morgan fingerprint density at radius 2 is 2.30 bits per heavy atom. The van der Waals surface area contributed by atoms with Crippen LogP contribution in [0.25, 0.3) is 0 Å². The Morgan fingerprint density at radius 1 is 1.40 bits per heavy atom. The standard InChI is InChI=1S/C22H25N7O/c1-24-20-17(8-3-2-4-11-26-21(30)19-10-6-12-25-19)15-27-22(29-20)28-18-9-5-7-16(13-18)14-23/h5,7,9,13,15,19,25H,2,4,6,10-12H2,1H3,(H,26,30)(H2,24,27,28,29). The molecule has 2 aromatic rings. The minimum atomic E-state index is -0.0408. The van der Waals surface area contributed by atoms with Gasteiger partial charge in [-0.15, -0.1) is 0 Å². The zero-order valence-corrected chi connectivity index (χ0v) is 17.0. The smallest absolute Gasteiger partial charge is 0.237 e. The summed E-state index contributed by atoms with van der Waals surface area (Å²) in [6.07, 6.45) is 5.08. The first-order valence-corrected chi connectivity index (χ1v) is 10.0. The first kappa shape index (κ1) is 21.1. The van der Waals surface area contributed by atoms with Gasteiger partial charge in [-0.05, 0) is 44.0 Å². The average Bonchev–Trinajstić information content (AvgIpc) is 3.32. The summed E-state index contributed by atoms with van der Waals surface area (Å²) in [5, 5.41) is 21.3. The molecule has 1 saturated heterocycles. The third-order valence-electron chi connectivity index (χ3n) is 4.65. The van der Waals surface area contributed by atoms with Crippen LogP contribution in [-0.4, -0.2) is 42.1 Å². The number of nitrogens with zero attached hydrogens (tertiary/aromatic N) is 3. The molecule has 3 rings (SSSR count). The lowest BCUT2D eigenvalue weighted by Gasteiger charge is -2.10. The molecule has 1 aliphatic rings. The number of anilines is 3. The highest BCUT2D eigenvalue weighted by atomic mass is 16.2. The van der Waals surface area contributed by atoms with Crippen LogP contribution in [0.1, 0.15) is 36.8 Å². The molecule has 1 fully saturated rings. The molecule has 1 atom stereocenters. The molecule has 0 spiro atoms. The van der Waals surface area contributed by atoms with E-state index in [1.165, 1.54) is 0 Å². The van der Waals surface area contributed by atoms with Gasteiger partial charge >= 0.3 is 0 Å². The van der Waals surface area contributed by atoms with E-state index >= 15 is 0 Å². The molecule has 8 nitrogen and oxygen atoms in total. The fourth-order valence-electron chi connectivity index (χ4n) is 3.10. The van der Waals surface area contributed by atoms with Gasteiger partial charge in [-0.25, -0.2) is 4.98 Å². The Labute approximate surface area is 176 Å². The number of rotatable bonds is 7. The summed E-state index contributed by atoms with van der Waals surface area (Å²) in [5.41, 5.74) is 2.00. The van der Waals surface area contributed by atoms with Gasteiger partial charge in [0.05, 0.1) is 29.4 Å². The lowest BCUT2D eigenvalue weighted by molar-refractivity contribution is -0.122.